The Kier molecular flexibility index (Phi) is 4.58. The van der Waals surface area contributed by atoms with Crippen LogP contribution in [0, 0.1) is 0 Å². The van der Waals surface area contributed by atoms with Gasteiger partial charge < -0.3 is 9.47 Å². The van der Waals surface area contributed by atoms with Crippen LogP contribution >= 0.6 is 0 Å². The number of carbonyl (C=O) groups excluding carboxylic acids is 1. The molecule has 0 saturated carbocycles. The third-order valence-electron chi connectivity index (χ3n) is 1.12. The van der Waals surface area contributed by atoms with Crippen molar-refractivity contribution in [2.45, 2.75) is 19.4 Å². The molecule has 3 nitrogen and oxygen atoms in total. The molecular weight excluding hydrogens is 132 g/mol. The van der Waals surface area contributed by atoms with Crippen molar-refractivity contribution < 1.29 is 14.3 Å². The van der Waals surface area contributed by atoms with E-state index in [1.54, 1.807) is 0 Å². The number of hydrogen-bond donors (Lipinski definition) is 0. The molecule has 0 aromatic heterocycles. The average molecular weight is 144 g/mol. The molecule has 0 amide bonds. The minimum Gasteiger partial charge on any atom is -0.433 e. The van der Waals surface area contributed by atoms with E-state index in [1.165, 1.54) is 7.11 Å². The SMILES string of the molecule is C=COC(=O)C(CC)OC. The summed E-state index contributed by atoms with van der Waals surface area (Å²) in [6, 6.07) is 0. The van der Waals surface area contributed by atoms with Crippen molar-refractivity contribution in [2.75, 3.05) is 7.11 Å². The van der Waals surface area contributed by atoms with E-state index in [0.717, 1.165) is 6.26 Å². The van der Waals surface area contributed by atoms with Gasteiger partial charge in [-0.05, 0) is 6.42 Å². The van der Waals surface area contributed by atoms with Crippen molar-refractivity contribution in [1.82, 2.24) is 0 Å². The van der Waals surface area contributed by atoms with E-state index < -0.39 is 6.10 Å². The number of carbonyl (C=O) groups is 1. The van der Waals surface area contributed by atoms with Gasteiger partial charge in [0.1, 0.15) is 0 Å². The summed E-state index contributed by atoms with van der Waals surface area (Å²) < 4.78 is 9.28. The molecule has 1 atom stereocenters. The van der Waals surface area contributed by atoms with Crippen molar-refractivity contribution in [1.29, 1.82) is 0 Å². The van der Waals surface area contributed by atoms with Gasteiger partial charge in [0.15, 0.2) is 6.10 Å². The van der Waals surface area contributed by atoms with Gasteiger partial charge in [0.2, 0.25) is 0 Å². The van der Waals surface area contributed by atoms with Gasteiger partial charge in [-0.3, -0.25) is 0 Å². The predicted molar refractivity (Wildman–Crippen MR) is 37.4 cm³/mol. The van der Waals surface area contributed by atoms with Gasteiger partial charge in [0.05, 0.1) is 6.26 Å². The third kappa shape index (κ3) is 2.64. The largest absolute Gasteiger partial charge is 0.433 e. The zero-order chi connectivity index (χ0) is 7.98. The summed E-state index contributed by atoms with van der Waals surface area (Å²) in [6.45, 7) is 5.10. The van der Waals surface area contributed by atoms with Crippen molar-refractivity contribution in [3.05, 3.63) is 12.8 Å². The van der Waals surface area contributed by atoms with E-state index in [4.69, 9.17) is 4.74 Å². The number of methoxy groups -OCH3 is 1. The smallest absolute Gasteiger partial charge is 0.339 e. The van der Waals surface area contributed by atoms with Crippen LogP contribution in [0.2, 0.25) is 0 Å². The first-order valence-electron chi connectivity index (χ1n) is 3.10. The molecule has 0 aliphatic rings. The lowest BCUT2D eigenvalue weighted by atomic mass is 10.3. The molecule has 1 unspecified atom stereocenters. The first-order chi connectivity index (χ1) is 4.76. The van der Waals surface area contributed by atoms with Crippen LogP contribution in [0.25, 0.3) is 0 Å². The zero-order valence-corrected chi connectivity index (χ0v) is 6.29. The van der Waals surface area contributed by atoms with Gasteiger partial charge in [-0.2, -0.15) is 0 Å². The van der Waals surface area contributed by atoms with Gasteiger partial charge in [0, 0.05) is 7.11 Å². The lowest BCUT2D eigenvalue weighted by molar-refractivity contribution is -0.149. The standard InChI is InChI=1S/C7H12O3/c1-4-6(9-3)7(8)10-5-2/h5-6H,2,4H2,1,3H3. The molecule has 58 valence electrons. The fourth-order valence-electron chi connectivity index (χ4n) is 0.588. The van der Waals surface area contributed by atoms with Crippen LogP contribution < -0.4 is 0 Å². The highest BCUT2D eigenvalue weighted by Crippen LogP contribution is 1.98. The highest BCUT2D eigenvalue weighted by Gasteiger charge is 2.15. The maximum atomic E-state index is 10.8. The monoisotopic (exact) mass is 144 g/mol. The Balaban J connectivity index is 3.76. The van der Waals surface area contributed by atoms with Crippen LogP contribution in [0.4, 0.5) is 0 Å². The van der Waals surface area contributed by atoms with Gasteiger partial charge in [-0.15, -0.1) is 0 Å². The molecule has 0 aliphatic carbocycles. The maximum absolute atomic E-state index is 10.8. The second kappa shape index (κ2) is 4.99. The summed E-state index contributed by atoms with van der Waals surface area (Å²) in [5.74, 6) is -0.389. The Bertz CT molecular complexity index is 116. The normalized spacial score (nSPS) is 12.2. The number of esters is 1. The van der Waals surface area contributed by atoms with E-state index in [1.807, 2.05) is 6.92 Å². The van der Waals surface area contributed by atoms with Crippen molar-refractivity contribution in [3.8, 4) is 0 Å². The van der Waals surface area contributed by atoms with E-state index in [0.29, 0.717) is 6.42 Å². The van der Waals surface area contributed by atoms with Crippen LogP contribution in [-0.2, 0) is 14.3 Å². The third-order valence-corrected chi connectivity index (χ3v) is 1.12. The van der Waals surface area contributed by atoms with Gasteiger partial charge in [-0.25, -0.2) is 4.79 Å². The Morgan fingerprint density at radius 3 is 2.70 bits per heavy atom. The minimum atomic E-state index is -0.460. The molecule has 0 fully saturated rings. The Hall–Kier alpha value is -0.830. The molecule has 0 aromatic rings. The lowest BCUT2D eigenvalue weighted by Crippen LogP contribution is -2.22. The van der Waals surface area contributed by atoms with E-state index in [2.05, 4.69) is 11.3 Å². The molecule has 0 rings (SSSR count). The van der Waals surface area contributed by atoms with Crippen molar-refractivity contribution in [3.63, 3.8) is 0 Å². The van der Waals surface area contributed by atoms with Crippen LogP contribution in [0.1, 0.15) is 13.3 Å². The highest BCUT2D eigenvalue weighted by molar-refractivity contribution is 5.75. The molecule has 0 spiro atoms. The predicted octanol–water partition coefficient (Wildman–Crippen LogP) is 1.10. The number of rotatable bonds is 4. The summed E-state index contributed by atoms with van der Waals surface area (Å²) in [6.07, 6.45) is 1.26. The molecule has 10 heavy (non-hydrogen) atoms. The highest BCUT2D eigenvalue weighted by atomic mass is 16.6. The maximum Gasteiger partial charge on any atom is 0.339 e. The van der Waals surface area contributed by atoms with E-state index >= 15 is 0 Å². The quantitative estimate of drug-likeness (QED) is 0.437. The molecular formula is C7H12O3. The van der Waals surface area contributed by atoms with Crippen LogP contribution in [-0.4, -0.2) is 19.2 Å². The van der Waals surface area contributed by atoms with Crippen LogP contribution in [0.15, 0.2) is 12.8 Å². The number of ether oxygens (including phenoxy) is 2. The number of hydrogen-bond acceptors (Lipinski definition) is 3. The zero-order valence-electron chi connectivity index (χ0n) is 6.29. The Morgan fingerprint density at radius 1 is 1.80 bits per heavy atom. The van der Waals surface area contributed by atoms with Gasteiger partial charge in [0.25, 0.3) is 0 Å². The molecule has 0 saturated heterocycles. The van der Waals surface area contributed by atoms with Crippen LogP contribution in [0.3, 0.4) is 0 Å². The molecule has 0 radical (unpaired) electrons. The average Bonchev–Trinajstić information content (AvgIpc) is 1.91. The van der Waals surface area contributed by atoms with E-state index in [9.17, 15) is 4.79 Å². The molecule has 0 aliphatic heterocycles. The fraction of sp³-hybridized carbons (Fsp3) is 0.571. The molecule has 0 N–H and O–H groups in total. The fourth-order valence-corrected chi connectivity index (χ4v) is 0.588. The molecule has 0 heterocycles. The van der Waals surface area contributed by atoms with Crippen LogP contribution in [0.5, 0.6) is 0 Å². The Morgan fingerprint density at radius 2 is 2.40 bits per heavy atom. The summed E-state index contributed by atoms with van der Waals surface area (Å²) in [7, 11) is 1.47. The topological polar surface area (TPSA) is 35.5 Å². The second-order valence-electron chi connectivity index (χ2n) is 1.74. The van der Waals surface area contributed by atoms with Crippen molar-refractivity contribution in [2.24, 2.45) is 0 Å². The van der Waals surface area contributed by atoms with E-state index in [-0.39, 0.29) is 5.97 Å². The summed E-state index contributed by atoms with van der Waals surface area (Å²) in [5, 5.41) is 0. The van der Waals surface area contributed by atoms with Gasteiger partial charge in [-0.1, -0.05) is 13.5 Å². The molecule has 3 heteroatoms. The molecule has 0 bridgehead atoms. The Labute approximate surface area is 60.6 Å². The molecule has 0 aromatic carbocycles. The first kappa shape index (κ1) is 9.17. The summed E-state index contributed by atoms with van der Waals surface area (Å²) in [4.78, 5) is 10.8. The minimum absolute atomic E-state index is 0.389. The van der Waals surface area contributed by atoms with Crippen molar-refractivity contribution >= 4 is 5.97 Å². The first-order valence-corrected chi connectivity index (χ1v) is 3.10. The second-order valence-corrected chi connectivity index (χ2v) is 1.74. The summed E-state index contributed by atoms with van der Waals surface area (Å²) in [5.41, 5.74) is 0. The lowest BCUT2D eigenvalue weighted by Gasteiger charge is -2.08. The summed E-state index contributed by atoms with van der Waals surface area (Å²) >= 11 is 0. The van der Waals surface area contributed by atoms with Gasteiger partial charge >= 0.3 is 5.97 Å².